The molecule has 5 nitrogen and oxygen atoms in total. The first-order valence-electron chi connectivity index (χ1n) is 10.0. The van der Waals surface area contributed by atoms with Gasteiger partial charge < -0.3 is 4.90 Å². The fraction of sp³-hybridized carbons (Fsp3) is 0.409. The SMILES string of the molecule is CC1Cc2ccccc2N1C(=O)CCn1cnc2sc3c(c2c1=O)CCCC3. The third-order valence-corrected chi connectivity index (χ3v) is 7.18. The number of thiophene rings is 1. The Bertz CT molecular complexity index is 1130. The van der Waals surface area contributed by atoms with Crippen molar-refractivity contribution in [3.63, 3.8) is 0 Å². The highest BCUT2D eigenvalue weighted by Gasteiger charge is 2.30. The van der Waals surface area contributed by atoms with Gasteiger partial charge in [-0.1, -0.05) is 18.2 Å². The van der Waals surface area contributed by atoms with E-state index in [1.165, 1.54) is 22.4 Å². The molecule has 2 aliphatic rings. The molecule has 28 heavy (non-hydrogen) atoms. The lowest BCUT2D eigenvalue weighted by Gasteiger charge is -2.23. The molecule has 0 saturated heterocycles. The molecule has 6 heteroatoms. The van der Waals surface area contributed by atoms with E-state index in [-0.39, 0.29) is 17.5 Å². The molecule has 1 aliphatic heterocycles. The van der Waals surface area contributed by atoms with Gasteiger partial charge in [0.2, 0.25) is 5.91 Å². The second kappa shape index (κ2) is 6.85. The van der Waals surface area contributed by atoms with Gasteiger partial charge in [0.25, 0.3) is 5.56 Å². The molecule has 144 valence electrons. The normalized spacial score (nSPS) is 18.3. The summed E-state index contributed by atoms with van der Waals surface area (Å²) >= 11 is 1.66. The van der Waals surface area contributed by atoms with Crippen molar-refractivity contribution >= 4 is 33.1 Å². The van der Waals surface area contributed by atoms with Crippen LogP contribution in [0.25, 0.3) is 10.2 Å². The molecule has 5 rings (SSSR count). The van der Waals surface area contributed by atoms with Gasteiger partial charge in [-0.2, -0.15) is 0 Å². The molecule has 0 spiro atoms. The van der Waals surface area contributed by atoms with Crippen LogP contribution in [-0.2, 0) is 30.6 Å². The van der Waals surface area contributed by atoms with Crippen molar-refractivity contribution in [1.29, 1.82) is 0 Å². The Hall–Kier alpha value is -2.47. The van der Waals surface area contributed by atoms with Gasteiger partial charge in [0.1, 0.15) is 4.83 Å². The van der Waals surface area contributed by atoms with E-state index in [0.29, 0.717) is 13.0 Å². The van der Waals surface area contributed by atoms with E-state index in [0.717, 1.165) is 41.6 Å². The zero-order valence-corrected chi connectivity index (χ0v) is 16.8. The number of hydrogen-bond acceptors (Lipinski definition) is 4. The highest BCUT2D eigenvalue weighted by Crippen LogP contribution is 2.34. The third-order valence-electron chi connectivity index (χ3n) is 5.98. The number of hydrogen-bond donors (Lipinski definition) is 0. The van der Waals surface area contributed by atoms with Gasteiger partial charge in [-0.15, -0.1) is 11.3 Å². The van der Waals surface area contributed by atoms with E-state index >= 15 is 0 Å². The summed E-state index contributed by atoms with van der Waals surface area (Å²) in [7, 11) is 0. The Labute approximate surface area is 167 Å². The number of anilines is 1. The van der Waals surface area contributed by atoms with Crippen molar-refractivity contribution < 1.29 is 4.79 Å². The van der Waals surface area contributed by atoms with Crippen LogP contribution in [0.4, 0.5) is 5.69 Å². The van der Waals surface area contributed by atoms with Crippen molar-refractivity contribution in [3.8, 4) is 0 Å². The maximum atomic E-state index is 13.1. The minimum Gasteiger partial charge on any atom is -0.309 e. The van der Waals surface area contributed by atoms with Crippen LogP contribution in [0.1, 0.15) is 42.2 Å². The number of amides is 1. The van der Waals surface area contributed by atoms with Crippen molar-refractivity contribution in [3.05, 3.63) is 57.0 Å². The average molecular weight is 394 g/mol. The summed E-state index contributed by atoms with van der Waals surface area (Å²) in [5.74, 6) is 0.0665. The molecule has 0 radical (unpaired) electrons. The lowest BCUT2D eigenvalue weighted by molar-refractivity contribution is -0.119. The molecule has 1 amide bonds. The molecule has 1 aliphatic carbocycles. The Balaban J connectivity index is 1.40. The van der Waals surface area contributed by atoms with Gasteiger partial charge in [0.05, 0.1) is 11.7 Å². The number of fused-ring (bicyclic) bond motifs is 4. The lowest BCUT2D eigenvalue weighted by atomic mass is 9.97. The van der Waals surface area contributed by atoms with Gasteiger partial charge in [-0.05, 0) is 56.2 Å². The molecular weight excluding hydrogens is 370 g/mol. The Morgan fingerprint density at radius 3 is 2.96 bits per heavy atom. The first-order valence-corrected chi connectivity index (χ1v) is 10.8. The van der Waals surface area contributed by atoms with Crippen molar-refractivity contribution in [2.24, 2.45) is 0 Å². The molecule has 0 N–H and O–H groups in total. The number of aromatic nitrogens is 2. The summed E-state index contributed by atoms with van der Waals surface area (Å²) in [5.41, 5.74) is 3.43. The summed E-state index contributed by atoms with van der Waals surface area (Å²) in [6, 6.07) is 8.24. The van der Waals surface area contributed by atoms with Crippen LogP contribution in [-0.4, -0.2) is 21.5 Å². The fourth-order valence-corrected chi connectivity index (χ4v) is 5.84. The van der Waals surface area contributed by atoms with Crippen LogP contribution < -0.4 is 10.5 Å². The summed E-state index contributed by atoms with van der Waals surface area (Å²) in [4.78, 5) is 34.6. The molecule has 0 fully saturated rings. The van der Waals surface area contributed by atoms with Crippen LogP contribution in [0.2, 0.25) is 0 Å². The van der Waals surface area contributed by atoms with E-state index in [9.17, 15) is 9.59 Å². The Morgan fingerprint density at radius 2 is 2.07 bits per heavy atom. The second-order valence-corrected chi connectivity index (χ2v) is 8.91. The van der Waals surface area contributed by atoms with Crippen molar-refractivity contribution in [2.45, 2.75) is 58.0 Å². The number of para-hydroxylation sites is 1. The highest BCUT2D eigenvalue weighted by atomic mass is 32.1. The number of carbonyl (C=O) groups is 1. The van der Waals surface area contributed by atoms with E-state index in [4.69, 9.17) is 0 Å². The molecule has 3 aromatic rings. The third kappa shape index (κ3) is 2.78. The quantitative estimate of drug-likeness (QED) is 0.682. The zero-order chi connectivity index (χ0) is 19.3. The maximum absolute atomic E-state index is 13.1. The maximum Gasteiger partial charge on any atom is 0.262 e. The van der Waals surface area contributed by atoms with Crippen LogP contribution in [0, 0.1) is 0 Å². The molecule has 1 unspecified atom stereocenters. The molecule has 0 saturated carbocycles. The van der Waals surface area contributed by atoms with E-state index in [1.807, 2.05) is 23.1 Å². The Morgan fingerprint density at radius 1 is 1.25 bits per heavy atom. The Kier molecular flexibility index (Phi) is 4.31. The van der Waals surface area contributed by atoms with Crippen LogP contribution in [0.3, 0.4) is 0 Å². The highest BCUT2D eigenvalue weighted by molar-refractivity contribution is 7.18. The van der Waals surface area contributed by atoms with Crippen molar-refractivity contribution in [1.82, 2.24) is 9.55 Å². The standard InChI is InChI=1S/C22H23N3O2S/c1-14-12-15-6-2-4-8-17(15)25(14)19(26)10-11-24-13-23-21-20(22(24)27)16-7-3-5-9-18(16)28-21/h2,4,6,8,13-14H,3,5,7,9-12H2,1H3. The number of rotatable bonds is 3. The number of benzene rings is 1. The van der Waals surface area contributed by atoms with Crippen LogP contribution in [0.5, 0.6) is 0 Å². The molecule has 0 bridgehead atoms. The lowest BCUT2D eigenvalue weighted by Crippen LogP contribution is -2.36. The molecular formula is C22H23N3O2S. The first-order chi connectivity index (χ1) is 13.6. The molecule has 3 heterocycles. The number of nitrogens with zero attached hydrogens (tertiary/aromatic N) is 3. The van der Waals surface area contributed by atoms with Gasteiger partial charge >= 0.3 is 0 Å². The fourth-order valence-electron chi connectivity index (χ4n) is 4.62. The average Bonchev–Trinajstić information content (AvgIpc) is 3.24. The summed E-state index contributed by atoms with van der Waals surface area (Å²) in [6.07, 6.45) is 7.16. The summed E-state index contributed by atoms with van der Waals surface area (Å²) in [6.45, 7) is 2.45. The minimum absolute atomic E-state index is 0.00655. The number of carbonyl (C=O) groups excluding carboxylic acids is 1. The predicted octanol–water partition coefficient (Wildman–Crippen LogP) is 3.70. The van der Waals surface area contributed by atoms with Gasteiger partial charge in [-0.3, -0.25) is 14.2 Å². The van der Waals surface area contributed by atoms with E-state index in [1.54, 1.807) is 22.2 Å². The number of aryl methyl sites for hydroxylation is 3. The van der Waals surface area contributed by atoms with Crippen LogP contribution in [0.15, 0.2) is 35.4 Å². The smallest absolute Gasteiger partial charge is 0.262 e. The van der Waals surface area contributed by atoms with Crippen molar-refractivity contribution in [2.75, 3.05) is 4.90 Å². The van der Waals surface area contributed by atoms with Gasteiger partial charge in [0, 0.05) is 29.6 Å². The van der Waals surface area contributed by atoms with Gasteiger partial charge in [-0.25, -0.2) is 4.98 Å². The largest absolute Gasteiger partial charge is 0.309 e. The topological polar surface area (TPSA) is 55.2 Å². The molecule has 1 aromatic carbocycles. The minimum atomic E-state index is 0.00655. The zero-order valence-electron chi connectivity index (χ0n) is 16.0. The van der Waals surface area contributed by atoms with Crippen LogP contribution >= 0.6 is 11.3 Å². The second-order valence-electron chi connectivity index (χ2n) is 7.83. The van der Waals surface area contributed by atoms with E-state index < -0.39 is 0 Å². The molecule has 1 atom stereocenters. The van der Waals surface area contributed by atoms with Gasteiger partial charge in [0.15, 0.2) is 0 Å². The predicted molar refractivity (Wildman–Crippen MR) is 112 cm³/mol. The monoisotopic (exact) mass is 393 g/mol. The summed E-state index contributed by atoms with van der Waals surface area (Å²) < 4.78 is 1.62. The first kappa shape index (κ1) is 17.6. The molecule has 2 aromatic heterocycles. The van der Waals surface area contributed by atoms with E-state index in [2.05, 4.69) is 18.0 Å². The summed E-state index contributed by atoms with van der Waals surface area (Å²) in [5, 5.41) is 0.787.